The minimum absolute atomic E-state index is 1.05. The number of rotatable bonds is 4. The van der Waals surface area contributed by atoms with Crippen LogP contribution in [0, 0.1) is 20.8 Å². The molecular formula is C16H21N. The quantitative estimate of drug-likeness (QED) is 0.769. The zero-order chi connectivity index (χ0) is 12.8. The molecule has 0 aromatic heterocycles. The van der Waals surface area contributed by atoms with Crippen molar-refractivity contribution in [2.75, 3.05) is 7.05 Å². The smallest absolute Gasteiger partial charge is 0.00277 e. The van der Waals surface area contributed by atoms with Crippen molar-refractivity contribution < 1.29 is 0 Å². The van der Waals surface area contributed by atoms with Crippen LogP contribution < -0.4 is 5.32 Å². The van der Waals surface area contributed by atoms with Gasteiger partial charge >= 0.3 is 0 Å². The molecule has 0 heterocycles. The number of hydrogen-bond acceptors (Lipinski definition) is 1. The summed E-state index contributed by atoms with van der Waals surface area (Å²) < 4.78 is 0. The summed E-state index contributed by atoms with van der Waals surface area (Å²) >= 11 is 0. The van der Waals surface area contributed by atoms with E-state index in [0.717, 1.165) is 5.57 Å². The average Bonchev–Trinajstić information content (AvgIpc) is 2.29. The summed E-state index contributed by atoms with van der Waals surface area (Å²) in [5.74, 6) is 0. The van der Waals surface area contributed by atoms with Crippen LogP contribution in [0.25, 0.3) is 5.57 Å². The minimum Gasteiger partial charge on any atom is -0.394 e. The van der Waals surface area contributed by atoms with Crippen molar-refractivity contribution >= 4 is 5.57 Å². The van der Waals surface area contributed by atoms with Crippen LogP contribution in [0.4, 0.5) is 0 Å². The van der Waals surface area contributed by atoms with Crippen molar-refractivity contribution in [1.29, 1.82) is 0 Å². The van der Waals surface area contributed by atoms with E-state index in [1.54, 1.807) is 0 Å². The predicted molar refractivity (Wildman–Crippen MR) is 77.0 cm³/mol. The molecule has 1 aromatic carbocycles. The molecule has 17 heavy (non-hydrogen) atoms. The first-order valence-corrected chi connectivity index (χ1v) is 5.84. The van der Waals surface area contributed by atoms with E-state index in [1.807, 2.05) is 31.5 Å². The van der Waals surface area contributed by atoms with Crippen LogP contribution in [0.1, 0.15) is 22.3 Å². The van der Waals surface area contributed by atoms with Crippen molar-refractivity contribution in [2.45, 2.75) is 20.8 Å². The third-order valence-electron chi connectivity index (χ3n) is 2.86. The Morgan fingerprint density at radius 3 is 2.35 bits per heavy atom. The van der Waals surface area contributed by atoms with Gasteiger partial charge in [0.2, 0.25) is 0 Å². The number of nitrogens with one attached hydrogen (secondary N) is 1. The van der Waals surface area contributed by atoms with Gasteiger partial charge in [-0.15, -0.1) is 0 Å². The standard InChI is InChI=1S/C16H21N/c1-12(8-6-7-9-17-5)16-11-14(3)13(2)10-15(16)4/h6-11,17H,1H2,2-5H3/b8-6-,9-7-. The summed E-state index contributed by atoms with van der Waals surface area (Å²) in [5, 5.41) is 2.95. The molecule has 1 rings (SSSR count). The second-order valence-corrected chi connectivity index (χ2v) is 4.28. The average molecular weight is 227 g/mol. The maximum absolute atomic E-state index is 4.11. The second kappa shape index (κ2) is 6.09. The van der Waals surface area contributed by atoms with Crippen LogP contribution in [0.15, 0.2) is 43.1 Å². The summed E-state index contributed by atoms with van der Waals surface area (Å²) in [6.45, 7) is 10.5. The summed E-state index contributed by atoms with van der Waals surface area (Å²) in [6.07, 6.45) is 7.87. The van der Waals surface area contributed by atoms with Crippen LogP contribution in [0.3, 0.4) is 0 Å². The molecule has 90 valence electrons. The van der Waals surface area contributed by atoms with Gasteiger partial charge in [0.15, 0.2) is 0 Å². The van der Waals surface area contributed by atoms with E-state index < -0.39 is 0 Å². The lowest BCUT2D eigenvalue weighted by atomic mass is 9.96. The zero-order valence-corrected chi connectivity index (χ0v) is 11.2. The molecule has 0 saturated carbocycles. The molecule has 0 amide bonds. The van der Waals surface area contributed by atoms with Gasteiger partial charge in [-0.2, -0.15) is 0 Å². The Morgan fingerprint density at radius 2 is 1.71 bits per heavy atom. The summed E-state index contributed by atoms with van der Waals surface area (Å²) in [5.41, 5.74) is 6.19. The van der Waals surface area contributed by atoms with Crippen molar-refractivity contribution in [2.24, 2.45) is 0 Å². The molecule has 0 spiro atoms. The molecule has 1 nitrogen and oxygen atoms in total. The maximum Gasteiger partial charge on any atom is 0.00277 e. The monoisotopic (exact) mass is 227 g/mol. The normalized spacial score (nSPS) is 11.3. The van der Waals surface area contributed by atoms with Crippen LogP contribution in [-0.4, -0.2) is 7.05 Å². The highest BCUT2D eigenvalue weighted by atomic mass is 14.8. The Kier molecular flexibility index (Phi) is 4.77. The lowest BCUT2D eigenvalue weighted by Crippen LogP contribution is -1.91. The second-order valence-electron chi connectivity index (χ2n) is 4.28. The number of aryl methyl sites for hydroxylation is 3. The van der Waals surface area contributed by atoms with Gasteiger partial charge in [0.05, 0.1) is 0 Å². The van der Waals surface area contributed by atoms with Crippen molar-refractivity contribution in [1.82, 2.24) is 5.32 Å². The van der Waals surface area contributed by atoms with Gasteiger partial charge < -0.3 is 5.32 Å². The molecule has 0 radical (unpaired) electrons. The highest BCUT2D eigenvalue weighted by molar-refractivity contribution is 5.75. The van der Waals surface area contributed by atoms with Gasteiger partial charge in [-0.05, 0) is 60.9 Å². The Labute approximate surface area is 105 Å². The molecule has 0 fully saturated rings. The van der Waals surface area contributed by atoms with E-state index in [2.05, 4.69) is 44.8 Å². The SMILES string of the molecule is C=C(/C=C\C=C/NC)c1cc(C)c(C)cc1C. The molecule has 0 bridgehead atoms. The Balaban J connectivity index is 2.93. The molecule has 1 N–H and O–H groups in total. The molecule has 0 aliphatic rings. The maximum atomic E-state index is 4.11. The Morgan fingerprint density at radius 1 is 1.06 bits per heavy atom. The first kappa shape index (κ1) is 13.3. The van der Waals surface area contributed by atoms with Gasteiger partial charge in [0.1, 0.15) is 0 Å². The predicted octanol–water partition coefficient (Wildman–Crippen LogP) is 3.91. The van der Waals surface area contributed by atoms with Crippen LogP contribution >= 0.6 is 0 Å². The third kappa shape index (κ3) is 3.63. The summed E-state index contributed by atoms with van der Waals surface area (Å²) in [6, 6.07) is 4.42. The van der Waals surface area contributed by atoms with Gasteiger partial charge in [0.25, 0.3) is 0 Å². The molecule has 1 heteroatoms. The highest BCUT2D eigenvalue weighted by Gasteiger charge is 2.02. The Bertz CT molecular complexity index is 465. The van der Waals surface area contributed by atoms with Crippen LogP contribution in [-0.2, 0) is 0 Å². The fourth-order valence-corrected chi connectivity index (χ4v) is 1.72. The zero-order valence-electron chi connectivity index (χ0n) is 11.2. The molecule has 1 aromatic rings. The van der Waals surface area contributed by atoms with Crippen molar-refractivity contribution in [3.05, 3.63) is 65.4 Å². The van der Waals surface area contributed by atoms with Crippen LogP contribution in [0.5, 0.6) is 0 Å². The topological polar surface area (TPSA) is 12.0 Å². The van der Waals surface area contributed by atoms with E-state index in [-0.39, 0.29) is 0 Å². The minimum atomic E-state index is 1.05. The fourth-order valence-electron chi connectivity index (χ4n) is 1.72. The first-order valence-electron chi connectivity index (χ1n) is 5.84. The highest BCUT2D eigenvalue weighted by Crippen LogP contribution is 2.22. The molecule has 0 aliphatic carbocycles. The lowest BCUT2D eigenvalue weighted by Gasteiger charge is -2.09. The van der Waals surface area contributed by atoms with Crippen molar-refractivity contribution in [3.8, 4) is 0 Å². The number of allylic oxidation sites excluding steroid dienone is 4. The van der Waals surface area contributed by atoms with Gasteiger partial charge in [0, 0.05) is 7.05 Å². The lowest BCUT2D eigenvalue weighted by molar-refractivity contribution is 1.10. The van der Waals surface area contributed by atoms with Crippen molar-refractivity contribution in [3.63, 3.8) is 0 Å². The van der Waals surface area contributed by atoms with E-state index in [1.165, 1.54) is 22.3 Å². The number of benzene rings is 1. The molecule has 0 atom stereocenters. The molecule has 0 unspecified atom stereocenters. The van der Waals surface area contributed by atoms with Gasteiger partial charge in [-0.1, -0.05) is 30.9 Å². The number of hydrogen-bond donors (Lipinski definition) is 1. The largest absolute Gasteiger partial charge is 0.394 e. The molecule has 0 aliphatic heterocycles. The van der Waals surface area contributed by atoms with E-state index in [0.29, 0.717) is 0 Å². The third-order valence-corrected chi connectivity index (χ3v) is 2.86. The van der Waals surface area contributed by atoms with Gasteiger partial charge in [-0.25, -0.2) is 0 Å². The molecule has 0 saturated heterocycles. The van der Waals surface area contributed by atoms with Gasteiger partial charge in [-0.3, -0.25) is 0 Å². The van der Waals surface area contributed by atoms with E-state index in [9.17, 15) is 0 Å². The molecular weight excluding hydrogens is 206 g/mol. The van der Waals surface area contributed by atoms with E-state index >= 15 is 0 Å². The summed E-state index contributed by atoms with van der Waals surface area (Å²) in [4.78, 5) is 0. The van der Waals surface area contributed by atoms with Crippen LogP contribution in [0.2, 0.25) is 0 Å². The summed E-state index contributed by atoms with van der Waals surface area (Å²) in [7, 11) is 1.88. The van der Waals surface area contributed by atoms with E-state index in [4.69, 9.17) is 0 Å². The Hall–Kier alpha value is -1.76. The fraction of sp³-hybridized carbons (Fsp3) is 0.250. The first-order chi connectivity index (χ1) is 8.06.